The van der Waals surface area contributed by atoms with Gasteiger partial charge in [-0.1, -0.05) is 17.7 Å². The molecule has 0 radical (unpaired) electrons. The highest BCUT2D eigenvalue weighted by Crippen LogP contribution is 2.70. The Kier molecular flexibility index (Phi) is 2.69. The second kappa shape index (κ2) is 4.20. The predicted molar refractivity (Wildman–Crippen MR) is 74.4 cm³/mol. The second-order valence-corrected chi connectivity index (χ2v) is 7.04. The molecule has 0 aromatic heterocycles. The SMILES string of the molecule is NC(Cc1c(F)cccc1Cl)C1C2C3CCC(C3)C12. The third kappa shape index (κ3) is 1.76. The zero-order chi connectivity index (χ0) is 13.1. The van der Waals surface area contributed by atoms with Gasteiger partial charge in [-0.25, -0.2) is 4.39 Å². The Morgan fingerprint density at radius 2 is 1.95 bits per heavy atom. The molecule has 4 rings (SSSR count). The minimum Gasteiger partial charge on any atom is -0.327 e. The van der Waals surface area contributed by atoms with E-state index in [1.807, 2.05) is 0 Å². The molecule has 3 fully saturated rings. The van der Waals surface area contributed by atoms with E-state index < -0.39 is 0 Å². The third-order valence-corrected chi connectivity index (χ3v) is 6.14. The summed E-state index contributed by atoms with van der Waals surface area (Å²) in [6.07, 6.45) is 4.81. The Morgan fingerprint density at radius 3 is 2.58 bits per heavy atom. The number of hydrogen-bond acceptors (Lipinski definition) is 1. The molecule has 1 nitrogen and oxygen atoms in total. The summed E-state index contributed by atoms with van der Waals surface area (Å²) in [6, 6.07) is 4.96. The van der Waals surface area contributed by atoms with Crippen LogP contribution in [0.2, 0.25) is 5.02 Å². The summed E-state index contributed by atoms with van der Waals surface area (Å²) >= 11 is 6.09. The topological polar surface area (TPSA) is 26.0 Å². The molecule has 19 heavy (non-hydrogen) atoms. The normalized spacial score (nSPS) is 40.3. The highest BCUT2D eigenvalue weighted by Gasteiger charge is 2.66. The largest absolute Gasteiger partial charge is 0.327 e. The van der Waals surface area contributed by atoms with Gasteiger partial charge < -0.3 is 5.73 Å². The highest BCUT2D eigenvalue weighted by molar-refractivity contribution is 6.31. The van der Waals surface area contributed by atoms with Crippen LogP contribution < -0.4 is 5.73 Å². The van der Waals surface area contributed by atoms with Crippen LogP contribution in [0.25, 0.3) is 0 Å². The smallest absolute Gasteiger partial charge is 0.127 e. The van der Waals surface area contributed by atoms with Crippen LogP contribution in [0, 0.1) is 35.4 Å². The van der Waals surface area contributed by atoms with Crippen molar-refractivity contribution >= 4 is 11.6 Å². The van der Waals surface area contributed by atoms with Crippen LogP contribution >= 0.6 is 11.6 Å². The van der Waals surface area contributed by atoms with Gasteiger partial charge in [-0.05, 0) is 67.4 Å². The molecule has 5 atom stereocenters. The standard InChI is InChI=1S/C16H19ClFN/c17-11-2-1-3-12(18)10(11)7-13(19)16-14-8-4-5-9(6-8)15(14)16/h1-3,8-9,13-16H,4-7,19H2. The minimum absolute atomic E-state index is 0.0767. The van der Waals surface area contributed by atoms with Crippen molar-refractivity contribution in [1.29, 1.82) is 0 Å². The van der Waals surface area contributed by atoms with Crippen molar-refractivity contribution in [3.8, 4) is 0 Å². The van der Waals surface area contributed by atoms with Crippen molar-refractivity contribution in [2.24, 2.45) is 35.3 Å². The van der Waals surface area contributed by atoms with Crippen LogP contribution in [-0.2, 0) is 6.42 Å². The van der Waals surface area contributed by atoms with Crippen LogP contribution in [-0.4, -0.2) is 6.04 Å². The Hall–Kier alpha value is -0.600. The van der Waals surface area contributed by atoms with Crippen molar-refractivity contribution in [1.82, 2.24) is 0 Å². The molecular formula is C16H19ClFN. The maximum Gasteiger partial charge on any atom is 0.127 e. The lowest BCUT2D eigenvalue weighted by atomic mass is 9.94. The fourth-order valence-corrected chi connectivity index (χ4v) is 5.30. The lowest BCUT2D eigenvalue weighted by Crippen LogP contribution is -2.29. The summed E-state index contributed by atoms with van der Waals surface area (Å²) in [5.74, 6) is 3.95. The van der Waals surface area contributed by atoms with E-state index in [2.05, 4.69) is 0 Å². The van der Waals surface area contributed by atoms with Crippen LogP contribution in [0.5, 0.6) is 0 Å². The first kappa shape index (κ1) is 12.2. The number of rotatable bonds is 3. The molecule has 3 saturated carbocycles. The molecule has 0 amide bonds. The summed E-state index contributed by atoms with van der Waals surface area (Å²) in [4.78, 5) is 0. The van der Waals surface area contributed by atoms with Crippen LogP contribution in [0.3, 0.4) is 0 Å². The number of fused-ring (bicyclic) bond motifs is 5. The zero-order valence-corrected chi connectivity index (χ0v) is 11.6. The van der Waals surface area contributed by atoms with Crippen molar-refractivity contribution in [3.05, 3.63) is 34.6 Å². The first-order valence-corrected chi connectivity index (χ1v) is 7.73. The number of benzene rings is 1. The van der Waals surface area contributed by atoms with Crippen molar-refractivity contribution < 1.29 is 4.39 Å². The Labute approximate surface area is 118 Å². The van der Waals surface area contributed by atoms with E-state index in [0.717, 1.165) is 23.7 Å². The van der Waals surface area contributed by atoms with Crippen LogP contribution in [0.4, 0.5) is 4.39 Å². The molecule has 1 aromatic carbocycles. The van der Waals surface area contributed by atoms with Gasteiger partial charge in [-0.3, -0.25) is 0 Å². The van der Waals surface area contributed by atoms with Gasteiger partial charge in [0.15, 0.2) is 0 Å². The van der Waals surface area contributed by atoms with E-state index in [9.17, 15) is 4.39 Å². The van der Waals surface area contributed by atoms with E-state index in [-0.39, 0.29) is 11.9 Å². The van der Waals surface area contributed by atoms with E-state index in [1.54, 1.807) is 12.1 Å². The Morgan fingerprint density at radius 1 is 1.26 bits per heavy atom. The average Bonchev–Trinajstić information content (AvgIpc) is 2.83. The van der Waals surface area contributed by atoms with E-state index in [1.165, 1.54) is 25.3 Å². The summed E-state index contributed by atoms with van der Waals surface area (Å²) in [6.45, 7) is 0. The lowest BCUT2D eigenvalue weighted by Gasteiger charge is -2.17. The molecule has 3 aliphatic carbocycles. The number of hydrogen-bond donors (Lipinski definition) is 1. The predicted octanol–water partition coefficient (Wildman–Crippen LogP) is 3.64. The highest BCUT2D eigenvalue weighted by atomic mass is 35.5. The fourth-order valence-electron chi connectivity index (χ4n) is 5.06. The van der Waals surface area contributed by atoms with Gasteiger partial charge in [-0.2, -0.15) is 0 Å². The van der Waals surface area contributed by atoms with Gasteiger partial charge in [0.2, 0.25) is 0 Å². The summed E-state index contributed by atoms with van der Waals surface area (Å²) < 4.78 is 13.8. The average molecular weight is 280 g/mol. The maximum absolute atomic E-state index is 13.8. The maximum atomic E-state index is 13.8. The first-order chi connectivity index (χ1) is 9.16. The van der Waals surface area contributed by atoms with Crippen molar-refractivity contribution in [2.75, 3.05) is 0 Å². The Balaban J connectivity index is 1.50. The number of nitrogens with two attached hydrogens (primary N) is 1. The zero-order valence-electron chi connectivity index (χ0n) is 10.9. The van der Waals surface area contributed by atoms with Gasteiger partial charge in [0.1, 0.15) is 5.82 Å². The molecule has 0 spiro atoms. The molecule has 2 N–H and O–H groups in total. The van der Waals surface area contributed by atoms with Crippen molar-refractivity contribution in [3.63, 3.8) is 0 Å². The molecule has 0 aliphatic heterocycles. The fraction of sp³-hybridized carbons (Fsp3) is 0.625. The molecule has 3 aliphatic rings. The summed E-state index contributed by atoms with van der Waals surface area (Å²) in [7, 11) is 0. The number of halogens is 2. The van der Waals surface area contributed by atoms with Gasteiger partial charge in [0.25, 0.3) is 0 Å². The van der Waals surface area contributed by atoms with E-state index >= 15 is 0 Å². The minimum atomic E-state index is -0.211. The van der Waals surface area contributed by atoms with Gasteiger partial charge >= 0.3 is 0 Å². The van der Waals surface area contributed by atoms with E-state index in [4.69, 9.17) is 17.3 Å². The van der Waals surface area contributed by atoms with Gasteiger partial charge in [0, 0.05) is 16.6 Å². The molecular weight excluding hydrogens is 261 g/mol. The monoisotopic (exact) mass is 279 g/mol. The quantitative estimate of drug-likeness (QED) is 0.898. The van der Waals surface area contributed by atoms with Gasteiger partial charge in [-0.15, -0.1) is 0 Å². The summed E-state index contributed by atoms with van der Waals surface area (Å²) in [5.41, 5.74) is 6.97. The molecule has 0 heterocycles. The van der Waals surface area contributed by atoms with Crippen LogP contribution in [0.1, 0.15) is 24.8 Å². The molecule has 102 valence electrons. The third-order valence-electron chi connectivity index (χ3n) is 5.79. The molecule has 2 bridgehead atoms. The molecule has 3 heteroatoms. The first-order valence-electron chi connectivity index (χ1n) is 7.35. The summed E-state index contributed by atoms with van der Waals surface area (Å²) in [5, 5.41) is 0.518. The van der Waals surface area contributed by atoms with Gasteiger partial charge in [0.05, 0.1) is 0 Å². The Bertz CT molecular complexity index is 481. The van der Waals surface area contributed by atoms with Crippen molar-refractivity contribution in [2.45, 2.75) is 31.7 Å². The lowest BCUT2D eigenvalue weighted by molar-refractivity contribution is 0.407. The molecule has 1 aromatic rings. The van der Waals surface area contributed by atoms with E-state index in [0.29, 0.717) is 22.9 Å². The second-order valence-electron chi connectivity index (χ2n) is 6.63. The molecule has 0 saturated heterocycles. The molecule has 5 unspecified atom stereocenters. The van der Waals surface area contributed by atoms with Crippen LogP contribution in [0.15, 0.2) is 18.2 Å².